The molecule has 1 amide bonds. The van der Waals surface area contributed by atoms with Crippen molar-refractivity contribution in [3.05, 3.63) is 11.7 Å². The first kappa shape index (κ1) is 15.9. The zero-order valence-corrected chi connectivity index (χ0v) is 12.9. The first-order valence-electron chi connectivity index (χ1n) is 6.37. The Labute approximate surface area is 122 Å². The van der Waals surface area contributed by atoms with E-state index < -0.39 is 21.5 Å². The van der Waals surface area contributed by atoms with Crippen molar-refractivity contribution in [3.63, 3.8) is 0 Å². The molecule has 0 unspecified atom stereocenters. The second kappa shape index (κ2) is 5.70. The van der Waals surface area contributed by atoms with Crippen molar-refractivity contribution < 1.29 is 22.5 Å². The predicted molar refractivity (Wildman–Crippen MR) is 71.7 cm³/mol. The third kappa shape index (κ3) is 3.77. The molecule has 1 N–H and O–H groups in total. The zero-order valence-electron chi connectivity index (χ0n) is 12.1. The summed E-state index contributed by atoms with van der Waals surface area (Å²) < 4.78 is 34.7. The Morgan fingerprint density at radius 3 is 2.81 bits per heavy atom. The lowest BCUT2D eigenvalue weighted by Gasteiger charge is -2.37. The first-order chi connectivity index (χ1) is 9.71. The maximum absolute atomic E-state index is 12.2. The summed E-state index contributed by atoms with van der Waals surface area (Å²) in [5, 5.41) is 6.23. The van der Waals surface area contributed by atoms with Crippen LogP contribution in [0, 0.1) is 6.92 Å². The normalized spacial score (nSPS) is 24.0. The fourth-order valence-corrected chi connectivity index (χ4v) is 2.90. The van der Waals surface area contributed by atoms with Crippen LogP contribution in [0.25, 0.3) is 0 Å². The van der Waals surface area contributed by atoms with Gasteiger partial charge in [0.25, 0.3) is 5.91 Å². The number of aryl methyl sites for hydroxylation is 1. The Hall–Kier alpha value is -1.52. The highest BCUT2D eigenvalue weighted by Crippen LogP contribution is 2.20. The minimum atomic E-state index is -3.36. The Morgan fingerprint density at radius 1 is 1.52 bits per heavy atom. The van der Waals surface area contributed by atoms with Crippen LogP contribution in [0.5, 0.6) is 0 Å². The molecule has 1 aliphatic rings. The number of morpholine rings is 1. The van der Waals surface area contributed by atoms with Gasteiger partial charge in [0.1, 0.15) is 0 Å². The van der Waals surface area contributed by atoms with Crippen LogP contribution >= 0.6 is 0 Å². The molecule has 2 rings (SSSR count). The SMILES string of the molecule is Cc1noc(CNC(=O)[C@]2(C)CN(S(C)(=O)=O)CCO2)n1. The predicted octanol–water partition coefficient (Wildman–Crippen LogP) is -0.955. The zero-order chi connectivity index (χ0) is 15.7. The van der Waals surface area contributed by atoms with E-state index in [1.165, 1.54) is 4.31 Å². The fourth-order valence-electron chi connectivity index (χ4n) is 2.01. The van der Waals surface area contributed by atoms with E-state index in [4.69, 9.17) is 9.26 Å². The monoisotopic (exact) mass is 318 g/mol. The number of carbonyl (C=O) groups is 1. The highest BCUT2D eigenvalue weighted by atomic mass is 32.2. The Balaban J connectivity index is 2.00. The smallest absolute Gasteiger partial charge is 0.253 e. The topological polar surface area (TPSA) is 115 Å². The van der Waals surface area contributed by atoms with E-state index in [9.17, 15) is 13.2 Å². The van der Waals surface area contributed by atoms with Gasteiger partial charge in [0.05, 0.1) is 26.0 Å². The van der Waals surface area contributed by atoms with Crippen LogP contribution in [0.15, 0.2) is 4.52 Å². The molecular weight excluding hydrogens is 300 g/mol. The summed E-state index contributed by atoms with van der Waals surface area (Å²) in [5.41, 5.74) is -1.24. The van der Waals surface area contributed by atoms with E-state index in [0.717, 1.165) is 6.26 Å². The molecule has 0 aliphatic carbocycles. The van der Waals surface area contributed by atoms with Crippen LogP contribution in [0.4, 0.5) is 0 Å². The molecule has 1 atom stereocenters. The molecule has 118 valence electrons. The van der Waals surface area contributed by atoms with Crippen LogP contribution in [0.2, 0.25) is 0 Å². The van der Waals surface area contributed by atoms with Crippen molar-refractivity contribution >= 4 is 15.9 Å². The van der Waals surface area contributed by atoms with Crippen LogP contribution in [-0.4, -0.2) is 60.3 Å². The van der Waals surface area contributed by atoms with Gasteiger partial charge in [-0.3, -0.25) is 4.79 Å². The number of sulfonamides is 1. The second-order valence-corrected chi connectivity index (χ2v) is 7.08. The summed E-state index contributed by atoms with van der Waals surface area (Å²) in [6.45, 7) is 3.67. The lowest BCUT2D eigenvalue weighted by molar-refractivity contribution is -0.152. The molecule has 9 nitrogen and oxygen atoms in total. The van der Waals surface area contributed by atoms with Crippen molar-refractivity contribution in [2.24, 2.45) is 0 Å². The average molecular weight is 318 g/mol. The largest absolute Gasteiger partial charge is 0.363 e. The summed E-state index contributed by atoms with van der Waals surface area (Å²) in [4.78, 5) is 16.2. The van der Waals surface area contributed by atoms with E-state index in [1.54, 1.807) is 13.8 Å². The van der Waals surface area contributed by atoms with E-state index in [1.807, 2.05) is 0 Å². The fraction of sp³-hybridized carbons (Fsp3) is 0.727. The van der Waals surface area contributed by atoms with Crippen LogP contribution in [-0.2, 0) is 26.1 Å². The molecule has 1 aromatic heterocycles. The molecule has 10 heteroatoms. The average Bonchev–Trinajstić information content (AvgIpc) is 2.81. The number of carbonyl (C=O) groups excluding carboxylic acids is 1. The third-order valence-electron chi connectivity index (χ3n) is 3.16. The number of nitrogens with one attached hydrogen (secondary N) is 1. The van der Waals surface area contributed by atoms with Crippen molar-refractivity contribution in [1.82, 2.24) is 19.8 Å². The van der Waals surface area contributed by atoms with Crippen molar-refractivity contribution in [2.75, 3.05) is 26.0 Å². The van der Waals surface area contributed by atoms with Gasteiger partial charge in [-0.05, 0) is 13.8 Å². The minimum absolute atomic E-state index is 0.0273. The van der Waals surface area contributed by atoms with Crippen LogP contribution in [0.3, 0.4) is 0 Å². The molecule has 0 saturated carbocycles. The molecule has 0 spiro atoms. The number of hydrogen-bond donors (Lipinski definition) is 1. The molecule has 0 radical (unpaired) electrons. The van der Waals surface area contributed by atoms with E-state index in [2.05, 4.69) is 15.5 Å². The van der Waals surface area contributed by atoms with Gasteiger partial charge in [-0.15, -0.1) is 0 Å². The van der Waals surface area contributed by atoms with E-state index in [0.29, 0.717) is 5.82 Å². The van der Waals surface area contributed by atoms with Gasteiger partial charge in [0, 0.05) is 6.54 Å². The molecule has 2 heterocycles. The summed E-state index contributed by atoms with van der Waals surface area (Å²) in [7, 11) is -3.36. The Morgan fingerprint density at radius 2 is 2.24 bits per heavy atom. The maximum Gasteiger partial charge on any atom is 0.253 e. The summed E-state index contributed by atoms with van der Waals surface area (Å²) in [6, 6.07) is 0. The Bertz CT molecular complexity index is 628. The number of hydrogen-bond acceptors (Lipinski definition) is 7. The molecule has 1 fully saturated rings. The van der Waals surface area contributed by atoms with Crippen molar-refractivity contribution in [1.29, 1.82) is 0 Å². The minimum Gasteiger partial charge on any atom is -0.363 e. The van der Waals surface area contributed by atoms with Crippen LogP contribution < -0.4 is 5.32 Å². The lowest BCUT2D eigenvalue weighted by atomic mass is 10.0. The van der Waals surface area contributed by atoms with Gasteiger partial charge in [0.2, 0.25) is 15.9 Å². The van der Waals surface area contributed by atoms with Crippen molar-refractivity contribution in [3.8, 4) is 0 Å². The van der Waals surface area contributed by atoms with Gasteiger partial charge >= 0.3 is 0 Å². The van der Waals surface area contributed by atoms with E-state index in [-0.39, 0.29) is 32.1 Å². The van der Waals surface area contributed by atoms with Gasteiger partial charge < -0.3 is 14.6 Å². The van der Waals surface area contributed by atoms with Gasteiger partial charge in [-0.2, -0.15) is 9.29 Å². The highest BCUT2D eigenvalue weighted by molar-refractivity contribution is 7.88. The summed E-state index contributed by atoms with van der Waals surface area (Å²) >= 11 is 0. The number of ether oxygens (including phenoxy) is 1. The van der Waals surface area contributed by atoms with E-state index >= 15 is 0 Å². The molecule has 1 saturated heterocycles. The second-order valence-electron chi connectivity index (χ2n) is 5.09. The van der Waals surface area contributed by atoms with Gasteiger partial charge in [-0.25, -0.2) is 8.42 Å². The molecule has 0 aromatic carbocycles. The molecule has 1 aromatic rings. The molecular formula is C11H18N4O5S. The first-order valence-corrected chi connectivity index (χ1v) is 8.22. The number of nitrogens with zero attached hydrogens (tertiary/aromatic N) is 3. The molecule has 0 bridgehead atoms. The number of rotatable bonds is 4. The number of aromatic nitrogens is 2. The third-order valence-corrected chi connectivity index (χ3v) is 4.41. The number of amides is 1. The molecule has 1 aliphatic heterocycles. The van der Waals surface area contributed by atoms with Gasteiger partial charge in [-0.1, -0.05) is 5.16 Å². The highest BCUT2D eigenvalue weighted by Gasteiger charge is 2.41. The molecule has 21 heavy (non-hydrogen) atoms. The van der Waals surface area contributed by atoms with Gasteiger partial charge in [0.15, 0.2) is 11.4 Å². The maximum atomic E-state index is 12.2. The quantitative estimate of drug-likeness (QED) is 0.760. The standard InChI is InChI=1S/C11H18N4O5S/c1-8-13-9(20-14-8)6-12-10(16)11(2)7-15(4-5-19-11)21(3,17)18/h4-7H2,1-3H3,(H,12,16)/t11-/m0/s1. The van der Waals surface area contributed by atoms with Crippen LogP contribution in [0.1, 0.15) is 18.6 Å². The lowest BCUT2D eigenvalue weighted by Crippen LogP contribution is -2.59. The Kier molecular flexibility index (Phi) is 4.30. The van der Waals surface area contributed by atoms with Crippen molar-refractivity contribution in [2.45, 2.75) is 26.0 Å². The summed E-state index contributed by atoms with van der Waals surface area (Å²) in [5.74, 6) is 0.328. The summed E-state index contributed by atoms with van der Waals surface area (Å²) in [6.07, 6.45) is 1.11.